The molecule has 5 atom stereocenters. The van der Waals surface area contributed by atoms with E-state index >= 15 is 0 Å². The Balaban J connectivity index is 1.41. The lowest BCUT2D eigenvalue weighted by atomic mass is 9.74. The van der Waals surface area contributed by atoms with Gasteiger partial charge in [0.25, 0.3) is 0 Å². The largest absolute Gasteiger partial charge is 0.497 e. The smallest absolute Gasteiger partial charge is 0.246 e. The highest BCUT2D eigenvalue weighted by molar-refractivity contribution is 6.02. The molecule has 36 heavy (non-hydrogen) atoms. The lowest BCUT2D eigenvalue weighted by Gasteiger charge is -2.34. The molecule has 2 bridgehead atoms. The normalized spacial score (nSPS) is 30.9. The summed E-state index contributed by atoms with van der Waals surface area (Å²) in [4.78, 5) is 42.6. The minimum absolute atomic E-state index is 0.104. The number of nitrogens with zero attached hydrogens (tertiary/aromatic N) is 1. The van der Waals surface area contributed by atoms with Crippen LogP contribution in [0.4, 0.5) is 5.69 Å². The summed E-state index contributed by atoms with van der Waals surface area (Å²) in [5.74, 6) is -1.59. The summed E-state index contributed by atoms with van der Waals surface area (Å²) in [6, 6.07) is 6.37. The fourth-order valence-corrected chi connectivity index (χ4v) is 6.34. The van der Waals surface area contributed by atoms with E-state index in [9.17, 15) is 14.4 Å². The predicted octanol–water partition coefficient (Wildman–Crippen LogP) is 2.27. The van der Waals surface area contributed by atoms with Crippen LogP contribution in [0, 0.1) is 11.8 Å². The number of benzene rings is 1. The number of ether oxygens (including phenoxy) is 3. The van der Waals surface area contributed by atoms with Gasteiger partial charge in [0.05, 0.1) is 25.0 Å². The van der Waals surface area contributed by atoms with Gasteiger partial charge in [-0.15, -0.1) is 0 Å². The zero-order valence-corrected chi connectivity index (χ0v) is 20.9. The summed E-state index contributed by atoms with van der Waals surface area (Å²) in [6.45, 7) is 0.831. The van der Waals surface area contributed by atoms with Crippen LogP contribution in [-0.2, 0) is 23.9 Å². The third-order valence-corrected chi connectivity index (χ3v) is 7.96. The lowest BCUT2D eigenvalue weighted by Crippen LogP contribution is -2.56. The summed E-state index contributed by atoms with van der Waals surface area (Å²) in [6.07, 6.45) is 8.95. The minimum Gasteiger partial charge on any atom is -0.497 e. The van der Waals surface area contributed by atoms with Crippen LogP contribution in [0.25, 0.3) is 0 Å². The first-order valence-corrected chi connectivity index (χ1v) is 12.9. The van der Waals surface area contributed by atoms with Crippen molar-refractivity contribution in [1.82, 2.24) is 10.2 Å². The SMILES string of the molecule is COCCCN1C(=O)[C@H]2[C@@H](C(=O)Nc3cccc(OC)c3)[C@H]3C=C[C@@]2(O3)[C@@H]1C(=O)NC1CCCCC1. The molecule has 4 aliphatic rings. The van der Waals surface area contributed by atoms with Crippen molar-refractivity contribution in [3.8, 4) is 5.75 Å². The maximum atomic E-state index is 13.8. The van der Waals surface area contributed by atoms with E-state index < -0.39 is 29.6 Å². The first kappa shape index (κ1) is 24.8. The summed E-state index contributed by atoms with van der Waals surface area (Å²) in [7, 11) is 3.17. The maximum Gasteiger partial charge on any atom is 0.246 e. The number of rotatable bonds is 9. The summed E-state index contributed by atoms with van der Waals surface area (Å²) < 4.78 is 16.8. The molecule has 3 aliphatic heterocycles. The average Bonchev–Trinajstić information content (AvgIpc) is 3.52. The molecule has 9 heteroatoms. The van der Waals surface area contributed by atoms with Gasteiger partial charge in [-0.05, 0) is 31.4 Å². The zero-order chi connectivity index (χ0) is 25.3. The Bertz CT molecular complexity index is 1040. The second-order valence-corrected chi connectivity index (χ2v) is 10.1. The molecule has 3 fully saturated rings. The van der Waals surface area contributed by atoms with Crippen LogP contribution in [0.2, 0.25) is 0 Å². The molecule has 1 spiro atoms. The van der Waals surface area contributed by atoms with Crippen molar-refractivity contribution in [2.24, 2.45) is 11.8 Å². The van der Waals surface area contributed by atoms with Gasteiger partial charge in [-0.3, -0.25) is 14.4 Å². The third kappa shape index (κ3) is 4.28. The molecule has 0 unspecified atom stereocenters. The highest BCUT2D eigenvalue weighted by Crippen LogP contribution is 2.55. The molecule has 1 aliphatic carbocycles. The van der Waals surface area contributed by atoms with Crippen molar-refractivity contribution < 1.29 is 28.6 Å². The highest BCUT2D eigenvalue weighted by Gasteiger charge is 2.72. The van der Waals surface area contributed by atoms with Gasteiger partial charge in [-0.25, -0.2) is 0 Å². The van der Waals surface area contributed by atoms with Crippen molar-refractivity contribution in [3.05, 3.63) is 36.4 Å². The molecule has 194 valence electrons. The highest BCUT2D eigenvalue weighted by atomic mass is 16.5. The Morgan fingerprint density at radius 3 is 2.72 bits per heavy atom. The van der Waals surface area contributed by atoms with Crippen molar-refractivity contribution in [3.63, 3.8) is 0 Å². The summed E-state index contributed by atoms with van der Waals surface area (Å²) in [5, 5.41) is 6.12. The third-order valence-electron chi connectivity index (χ3n) is 7.96. The summed E-state index contributed by atoms with van der Waals surface area (Å²) in [5.41, 5.74) is -0.571. The first-order valence-electron chi connectivity index (χ1n) is 12.9. The molecule has 0 aromatic heterocycles. The van der Waals surface area contributed by atoms with E-state index in [0.29, 0.717) is 31.0 Å². The van der Waals surface area contributed by atoms with Gasteiger partial charge in [-0.2, -0.15) is 0 Å². The molecular formula is C27H35N3O6. The van der Waals surface area contributed by atoms with Crippen molar-refractivity contribution in [2.75, 3.05) is 32.7 Å². The maximum absolute atomic E-state index is 13.8. The van der Waals surface area contributed by atoms with Crippen LogP contribution >= 0.6 is 0 Å². The van der Waals surface area contributed by atoms with Crippen molar-refractivity contribution >= 4 is 23.4 Å². The van der Waals surface area contributed by atoms with Crippen LogP contribution in [0.15, 0.2) is 36.4 Å². The number of methoxy groups -OCH3 is 2. The van der Waals surface area contributed by atoms with E-state index in [1.807, 2.05) is 12.2 Å². The zero-order valence-electron chi connectivity index (χ0n) is 20.9. The van der Waals surface area contributed by atoms with E-state index in [2.05, 4.69) is 10.6 Å². The molecule has 0 radical (unpaired) electrons. The van der Waals surface area contributed by atoms with Gasteiger partial charge in [0.2, 0.25) is 17.7 Å². The van der Waals surface area contributed by atoms with Gasteiger partial charge in [-0.1, -0.05) is 37.5 Å². The van der Waals surface area contributed by atoms with Gasteiger partial charge < -0.3 is 29.7 Å². The lowest BCUT2D eigenvalue weighted by molar-refractivity contribution is -0.141. The van der Waals surface area contributed by atoms with Crippen molar-refractivity contribution in [2.45, 2.75) is 62.3 Å². The number of carbonyl (C=O) groups excluding carboxylic acids is 3. The Morgan fingerprint density at radius 2 is 1.97 bits per heavy atom. The monoisotopic (exact) mass is 497 g/mol. The van der Waals surface area contributed by atoms with Crippen LogP contribution in [0.3, 0.4) is 0 Å². The molecule has 3 heterocycles. The second-order valence-electron chi connectivity index (χ2n) is 10.1. The first-order chi connectivity index (χ1) is 17.5. The molecule has 1 aromatic rings. The molecule has 1 aromatic carbocycles. The van der Waals surface area contributed by atoms with E-state index in [1.165, 1.54) is 6.42 Å². The van der Waals surface area contributed by atoms with Crippen molar-refractivity contribution in [1.29, 1.82) is 0 Å². The number of hydrogen-bond acceptors (Lipinski definition) is 6. The molecule has 2 saturated heterocycles. The van der Waals surface area contributed by atoms with Gasteiger partial charge in [0.15, 0.2) is 0 Å². The Hall–Kier alpha value is -2.91. The van der Waals surface area contributed by atoms with E-state index in [-0.39, 0.29) is 23.8 Å². The number of anilines is 1. The number of fused-ring (bicyclic) bond motifs is 1. The molecule has 3 amide bonds. The fraction of sp³-hybridized carbons (Fsp3) is 0.593. The number of amides is 3. The molecule has 5 rings (SSSR count). The number of carbonyl (C=O) groups is 3. The van der Waals surface area contributed by atoms with E-state index in [4.69, 9.17) is 14.2 Å². The number of hydrogen-bond donors (Lipinski definition) is 2. The van der Waals surface area contributed by atoms with Gasteiger partial charge in [0.1, 0.15) is 17.4 Å². The van der Waals surface area contributed by atoms with Crippen LogP contribution in [0.5, 0.6) is 5.75 Å². The molecule has 9 nitrogen and oxygen atoms in total. The second kappa shape index (κ2) is 10.2. The predicted molar refractivity (Wildman–Crippen MR) is 132 cm³/mol. The van der Waals surface area contributed by atoms with Crippen LogP contribution < -0.4 is 15.4 Å². The van der Waals surface area contributed by atoms with E-state index in [1.54, 1.807) is 43.4 Å². The Morgan fingerprint density at radius 1 is 1.17 bits per heavy atom. The Labute approximate surface area is 211 Å². The van der Waals surface area contributed by atoms with Gasteiger partial charge >= 0.3 is 0 Å². The molecule has 1 saturated carbocycles. The van der Waals surface area contributed by atoms with Gasteiger partial charge in [0, 0.05) is 38.1 Å². The number of nitrogens with one attached hydrogen (secondary N) is 2. The van der Waals surface area contributed by atoms with Crippen LogP contribution in [0.1, 0.15) is 38.5 Å². The molecule has 2 N–H and O–H groups in total. The Kier molecular flexibility index (Phi) is 7.03. The minimum atomic E-state index is -1.15. The molecular weight excluding hydrogens is 462 g/mol. The summed E-state index contributed by atoms with van der Waals surface area (Å²) >= 11 is 0. The number of likely N-dealkylation sites (tertiary alicyclic amines) is 1. The van der Waals surface area contributed by atoms with E-state index in [0.717, 1.165) is 25.7 Å². The average molecular weight is 498 g/mol. The fourth-order valence-electron chi connectivity index (χ4n) is 6.34. The standard InChI is InChI=1S/C27H35N3O6/c1-34-15-7-14-30-23(25(32)28-17-8-4-3-5-9-17)27-13-12-20(36-27)21(22(27)26(30)33)24(31)29-18-10-6-11-19(16-18)35-2/h6,10-13,16-17,20-23H,3-5,7-9,14-15H2,1-2H3,(H,28,32)(H,29,31)/t20-,21+,22-,23+,27+/m1/s1. The van der Waals surface area contributed by atoms with Crippen LogP contribution in [-0.4, -0.2) is 73.8 Å². The quantitative estimate of drug-likeness (QED) is 0.401. The topological polar surface area (TPSA) is 106 Å².